The van der Waals surface area contributed by atoms with Gasteiger partial charge in [0.1, 0.15) is 0 Å². The molecular formula is C19H16O. The van der Waals surface area contributed by atoms with Gasteiger partial charge in [-0.15, -0.1) is 6.42 Å². The van der Waals surface area contributed by atoms with Crippen molar-refractivity contribution in [2.75, 3.05) is 0 Å². The van der Waals surface area contributed by atoms with Crippen LogP contribution in [0.1, 0.15) is 22.3 Å². The highest BCUT2D eigenvalue weighted by Gasteiger charge is 2.11. The highest BCUT2D eigenvalue weighted by atomic mass is 16.3. The van der Waals surface area contributed by atoms with E-state index in [0.29, 0.717) is 0 Å². The molecular weight excluding hydrogens is 244 g/mol. The quantitative estimate of drug-likeness (QED) is 0.516. The topological polar surface area (TPSA) is 20.2 Å². The van der Waals surface area contributed by atoms with Crippen molar-refractivity contribution in [3.05, 3.63) is 58.7 Å². The van der Waals surface area contributed by atoms with E-state index >= 15 is 0 Å². The van der Waals surface area contributed by atoms with Gasteiger partial charge in [0.2, 0.25) is 0 Å². The van der Waals surface area contributed by atoms with E-state index in [1.165, 1.54) is 5.56 Å². The fourth-order valence-electron chi connectivity index (χ4n) is 2.89. The molecule has 0 spiro atoms. The summed E-state index contributed by atoms with van der Waals surface area (Å²) in [7, 11) is 0. The van der Waals surface area contributed by atoms with Gasteiger partial charge in [-0.1, -0.05) is 36.3 Å². The van der Waals surface area contributed by atoms with E-state index in [-0.39, 0.29) is 6.61 Å². The molecule has 3 aromatic carbocycles. The van der Waals surface area contributed by atoms with Crippen LogP contribution in [-0.4, -0.2) is 5.11 Å². The van der Waals surface area contributed by atoms with Crippen molar-refractivity contribution in [3.8, 4) is 12.3 Å². The van der Waals surface area contributed by atoms with E-state index in [4.69, 9.17) is 6.42 Å². The van der Waals surface area contributed by atoms with Crippen molar-refractivity contribution in [1.82, 2.24) is 0 Å². The van der Waals surface area contributed by atoms with Crippen LogP contribution >= 0.6 is 0 Å². The van der Waals surface area contributed by atoms with Crippen LogP contribution in [0.4, 0.5) is 0 Å². The number of hydrogen-bond acceptors (Lipinski definition) is 1. The minimum absolute atomic E-state index is 0.0341. The maximum Gasteiger partial charge on any atom is 0.0690 e. The van der Waals surface area contributed by atoms with Gasteiger partial charge in [0.25, 0.3) is 0 Å². The first-order valence-electron chi connectivity index (χ1n) is 6.69. The molecule has 1 heteroatoms. The van der Waals surface area contributed by atoms with Crippen molar-refractivity contribution >= 4 is 21.5 Å². The molecule has 98 valence electrons. The van der Waals surface area contributed by atoms with Crippen molar-refractivity contribution in [1.29, 1.82) is 0 Å². The number of terminal acetylenes is 1. The van der Waals surface area contributed by atoms with Gasteiger partial charge in [-0.3, -0.25) is 0 Å². The standard InChI is InChI=1S/C19H16O/c1-4-14-10-18-17(16-8-6-5-7-15(14)16)9-12(2)13(3)19(18)11-20/h1,5-10,20H,11H2,2-3H3. The third-order valence-electron chi connectivity index (χ3n) is 4.13. The predicted octanol–water partition coefficient (Wildman–Crippen LogP) is 4.08. The van der Waals surface area contributed by atoms with E-state index in [1.54, 1.807) is 0 Å². The summed E-state index contributed by atoms with van der Waals surface area (Å²) in [6, 6.07) is 12.4. The lowest BCUT2D eigenvalue weighted by Crippen LogP contribution is -1.96. The Morgan fingerprint density at radius 2 is 1.70 bits per heavy atom. The van der Waals surface area contributed by atoms with Gasteiger partial charge in [0.05, 0.1) is 6.61 Å². The summed E-state index contributed by atoms with van der Waals surface area (Å²) in [6.45, 7) is 4.16. The fourth-order valence-corrected chi connectivity index (χ4v) is 2.89. The van der Waals surface area contributed by atoms with E-state index < -0.39 is 0 Å². The van der Waals surface area contributed by atoms with Gasteiger partial charge in [0.15, 0.2) is 0 Å². The predicted molar refractivity (Wildman–Crippen MR) is 84.8 cm³/mol. The number of aliphatic hydroxyl groups excluding tert-OH is 1. The van der Waals surface area contributed by atoms with Crippen molar-refractivity contribution < 1.29 is 5.11 Å². The molecule has 0 fully saturated rings. The fraction of sp³-hybridized carbons (Fsp3) is 0.158. The maximum atomic E-state index is 9.72. The Labute approximate surface area is 118 Å². The number of benzene rings is 3. The van der Waals surface area contributed by atoms with Gasteiger partial charge >= 0.3 is 0 Å². The molecule has 3 rings (SSSR count). The minimum atomic E-state index is 0.0341. The first-order chi connectivity index (χ1) is 9.67. The highest BCUT2D eigenvalue weighted by molar-refractivity contribution is 6.11. The van der Waals surface area contributed by atoms with Gasteiger partial charge in [-0.25, -0.2) is 0 Å². The molecule has 0 unspecified atom stereocenters. The molecule has 0 aliphatic heterocycles. The Morgan fingerprint density at radius 3 is 2.35 bits per heavy atom. The van der Waals surface area contributed by atoms with Crippen LogP contribution in [0.5, 0.6) is 0 Å². The normalized spacial score (nSPS) is 10.9. The van der Waals surface area contributed by atoms with Crippen LogP contribution in [0.2, 0.25) is 0 Å². The van der Waals surface area contributed by atoms with Gasteiger partial charge < -0.3 is 5.11 Å². The highest BCUT2D eigenvalue weighted by Crippen LogP contribution is 2.33. The molecule has 0 bridgehead atoms. The SMILES string of the molecule is C#Cc1cc2c(CO)c(C)c(C)cc2c2ccccc12. The van der Waals surface area contributed by atoms with Crippen molar-refractivity contribution in [2.24, 2.45) is 0 Å². The van der Waals surface area contributed by atoms with Crippen LogP contribution in [-0.2, 0) is 6.61 Å². The molecule has 0 heterocycles. The average Bonchev–Trinajstić information content (AvgIpc) is 2.48. The molecule has 0 aliphatic rings. The Balaban J connectivity index is 2.63. The molecule has 3 aromatic rings. The molecule has 0 amide bonds. The molecule has 0 saturated heterocycles. The third kappa shape index (κ3) is 1.70. The number of rotatable bonds is 1. The van der Waals surface area contributed by atoms with E-state index in [2.05, 4.69) is 31.0 Å². The molecule has 0 aliphatic carbocycles. The summed E-state index contributed by atoms with van der Waals surface area (Å²) in [5.41, 5.74) is 4.19. The van der Waals surface area contributed by atoms with E-state index in [9.17, 15) is 5.11 Å². The third-order valence-corrected chi connectivity index (χ3v) is 4.13. The van der Waals surface area contributed by atoms with Gasteiger partial charge in [-0.2, -0.15) is 0 Å². The van der Waals surface area contributed by atoms with Crippen LogP contribution < -0.4 is 0 Å². The van der Waals surface area contributed by atoms with Crippen LogP contribution in [0, 0.1) is 26.2 Å². The second-order valence-electron chi connectivity index (χ2n) is 5.16. The zero-order valence-electron chi connectivity index (χ0n) is 11.7. The first-order valence-corrected chi connectivity index (χ1v) is 6.69. The average molecular weight is 260 g/mol. The Kier molecular flexibility index (Phi) is 2.97. The van der Waals surface area contributed by atoms with E-state index in [1.807, 2.05) is 25.1 Å². The first kappa shape index (κ1) is 12.7. The molecule has 1 nitrogen and oxygen atoms in total. The van der Waals surface area contributed by atoms with Gasteiger partial charge in [-0.05, 0) is 58.1 Å². The Morgan fingerprint density at radius 1 is 1.00 bits per heavy atom. The lowest BCUT2D eigenvalue weighted by molar-refractivity contribution is 0.282. The monoisotopic (exact) mass is 260 g/mol. The van der Waals surface area contributed by atoms with Crippen LogP contribution in [0.15, 0.2) is 36.4 Å². The summed E-state index contributed by atoms with van der Waals surface area (Å²) in [4.78, 5) is 0. The summed E-state index contributed by atoms with van der Waals surface area (Å²) < 4.78 is 0. The molecule has 1 N–H and O–H groups in total. The Hall–Kier alpha value is -2.30. The smallest absolute Gasteiger partial charge is 0.0690 e. The van der Waals surface area contributed by atoms with E-state index in [0.717, 1.165) is 38.2 Å². The summed E-state index contributed by atoms with van der Waals surface area (Å²) >= 11 is 0. The minimum Gasteiger partial charge on any atom is -0.392 e. The largest absolute Gasteiger partial charge is 0.392 e. The van der Waals surface area contributed by atoms with Crippen LogP contribution in [0.25, 0.3) is 21.5 Å². The summed E-state index contributed by atoms with van der Waals surface area (Å²) in [5, 5.41) is 14.2. The van der Waals surface area contributed by atoms with Gasteiger partial charge in [0, 0.05) is 5.56 Å². The number of hydrogen-bond donors (Lipinski definition) is 1. The molecule has 0 aromatic heterocycles. The molecule has 0 atom stereocenters. The number of aryl methyl sites for hydroxylation is 1. The number of fused-ring (bicyclic) bond motifs is 3. The second kappa shape index (κ2) is 4.67. The zero-order chi connectivity index (χ0) is 14.3. The van der Waals surface area contributed by atoms with Crippen molar-refractivity contribution in [3.63, 3.8) is 0 Å². The second-order valence-corrected chi connectivity index (χ2v) is 5.16. The number of aliphatic hydroxyl groups is 1. The summed E-state index contributed by atoms with van der Waals surface area (Å²) in [5.74, 6) is 2.77. The Bertz CT molecular complexity index is 866. The maximum absolute atomic E-state index is 9.72. The molecule has 20 heavy (non-hydrogen) atoms. The lowest BCUT2D eigenvalue weighted by atomic mass is 9.90. The summed E-state index contributed by atoms with van der Waals surface area (Å²) in [6.07, 6.45) is 5.65. The molecule has 0 saturated carbocycles. The zero-order valence-corrected chi connectivity index (χ0v) is 11.7. The molecule has 0 radical (unpaired) electrons. The lowest BCUT2D eigenvalue weighted by Gasteiger charge is -2.14. The van der Waals surface area contributed by atoms with Crippen molar-refractivity contribution in [2.45, 2.75) is 20.5 Å². The van der Waals surface area contributed by atoms with Crippen LogP contribution in [0.3, 0.4) is 0 Å².